The minimum atomic E-state index is -0.435. The summed E-state index contributed by atoms with van der Waals surface area (Å²) in [6, 6.07) is 4.92. The topological polar surface area (TPSA) is 20.2 Å². The van der Waals surface area contributed by atoms with Crippen molar-refractivity contribution < 1.29 is 9.50 Å². The van der Waals surface area contributed by atoms with Gasteiger partial charge in [0.2, 0.25) is 0 Å². The summed E-state index contributed by atoms with van der Waals surface area (Å²) in [5.41, 5.74) is 0.578. The van der Waals surface area contributed by atoms with E-state index < -0.39 is 6.10 Å². The van der Waals surface area contributed by atoms with E-state index in [1.54, 1.807) is 12.1 Å². The van der Waals surface area contributed by atoms with Gasteiger partial charge in [-0.15, -0.1) is 0 Å². The number of benzene rings is 1. The lowest BCUT2D eigenvalue weighted by molar-refractivity contribution is 0.162. The first-order valence-electron chi connectivity index (χ1n) is 4.75. The number of aliphatic hydroxyl groups excluding tert-OH is 1. The first-order chi connectivity index (χ1) is 6.63. The molecule has 0 bridgehead atoms. The lowest BCUT2D eigenvalue weighted by Crippen LogP contribution is -2.10. The van der Waals surface area contributed by atoms with Crippen LogP contribution in [0.4, 0.5) is 4.39 Å². The highest BCUT2D eigenvalue weighted by molar-refractivity contribution is 9.10. The summed E-state index contributed by atoms with van der Waals surface area (Å²) in [4.78, 5) is 0. The summed E-state index contributed by atoms with van der Waals surface area (Å²) in [6.07, 6.45) is 1.59. The number of halogens is 2. The molecule has 0 radical (unpaired) electrons. The highest BCUT2D eigenvalue weighted by atomic mass is 79.9. The molecule has 0 spiro atoms. The highest BCUT2D eigenvalue weighted by Crippen LogP contribution is 2.17. The molecule has 78 valence electrons. The van der Waals surface area contributed by atoms with Gasteiger partial charge in [-0.1, -0.05) is 35.3 Å². The molecule has 0 fully saturated rings. The molecule has 1 rings (SSSR count). The van der Waals surface area contributed by atoms with Gasteiger partial charge in [0.05, 0.1) is 6.10 Å². The van der Waals surface area contributed by atoms with E-state index in [0.717, 1.165) is 17.3 Å². The van der Waals surface area contributed by atoms with Crippen LogP contribution in [0.2, 0.25) is 0 Å². The SMILES string of the molecule is CCC[C@@H](O)Cc1ccc(Br)cc1F. The zero-order chi connectivity index (χ0) is 10.6. The average molecular weight is 261 g/mol. The third kappa shape index (κ3) is 3.39. The van der Waals surface area contributed by atoms with Crippen molar-refractivity contribution in [2.45, 2.75) is 32.3 Å². The molecule has 3 heteroatoms. The Hall–Kier alpha value is -0.410. The van der Waals surface area contributed by atoms with E-state index in [0.29, 0.717) is 12.0 Å². The van der Waals surface area contributed by atoms with Crippen molar-refractivity contribution in [3.8, 4) is 0 Å². The zero-order valence-electron chi connectivity index (χ0n) is 8.13. The molecular weight excluding hydrogens is 247 g/mol. The van der Waals surface area contributed by atoms with E-state index in [9.17, 15) is 9.50 Å². The average Bonchev–Trinajstić information content (AvgIpc) is 2.10. The molecule has 14 heavy (non-hydrogen) atoms. The van der Waals surface area contributed by atoms with Gasteiger partial charge in [0.1, 0.15) is 5.82 Å². The van der Waals surface area contributed by atoms with Crippen molar-refractivity contribution in [3.63, 3.8) is 0 Å². The third-order valence-electron chi connectivity index (χ3n) is 2.09. The fourth-order valence-electron chi connectivity index (χ4n) is 1.38. The lowest BCUT2D eigenvalue weighted by Gasteiger charge is -2.09. The van der Waals surface area contributed by atoms with Crippen LogP contribution in [-0.2, 0) is 6.42 Å². The summed E-state index contributed by atoms with van der Waals surface area (Å²) >= 11 is 3.19. The molecule has 0 unspecified atom stereocenters. The van der Waals surface area contributed by atoms with Gasteiger partial charge in [-0.05, 0) is 24.1 Å². The van der Waals surface area contributed by atoms with Gasteiger partial charge >= 0.3 is 0 Å². The fourth-order valence-corrected chi connectivity index (χ4v) is 1.71. The summed E-state index contributed by atoms with van der Waals surface area (Å²) < 4.78 is 14.0. The van der Waals surface area contributed by atoms with Crippen LogP contribution in [0.3, 0.4) is 0 Å². The summed E-state index contributed by atoms with van der Waals surface area (Å²) in [6.45, 7) is 2.00. The Morgan fingerprint density at radius 3 is 2.79 bits per heavy atom. The Kier molecular flexibility index (Phi) is 4.55. The molecular formula is C11H14BrFO. The van der Waals surface area contributed by atoms with Gasteiger partial charge in [-0.3, -0.25) is 0 Å². The summed E-state index contributed by atoms with van der Waals surface area (Å²) in [5.74, 6) is -0.255. The monoisotopic (exact) mass is 260 g/mol. The van der Waals surface area contributed by atoms with E-state index in [4.69, 9.17) is 0 Å². The molecule has 0 aliphatic carbocycles. The van der Waals surface area contributed by atoms with Crippen LogP contribution in [-0.4, -0.2) is 11.2 Å². The second-order valence-corrected chi connectivity index (χ2v) is 4.30. The smallest absolute Gasteiger partial charge is 0.127 e. The van der Waals surface area contributed by atoms with Gasteiger partial charge in [0, 0.05) is 10.9 Å². The molecule has 0 saturated heterocycles. The second kappa shape index (κ2) is 5.47. The molecule has 1 aromatic rings. The van der Waals surface area contributed by atoms with Crippen molar-refractivity contribution >= 4 is 15.9 Å². The fraction of sp³-hybridized carbons (Fsp3) is 0.455. The molecule has 0 heterocycles. The lowest BCUT2D eigenvalue weighted by atomic mass is 10.0. The van der Waals surface area contributed by atoms with Crippen LogP contribution in [0, 0.1) is 5.82 Å². The van der Waals surface area contributed by atoms with Gasteiger partial charge in [0.25, 0.3) is 0 Å². The molecule has 1 atom stereocenters. The van der Waals surface area contributed by atoms with Crippen molar-refractivity contribution in [2.24, 2.45) is 0 Å². The third-order valence-corrected chi connectivity index (χ3v) is 2.59. The molecule has 1 nitrogen and oxygen atoms in total. The summed E-state index contributed by atoms with van der Waals surface area (Å²) in [5, 5.41) is 9.52. The van der Waals surface area contributed by atoms with Crippen LogP contribution >= 0.6 is 15.9 Å². The zero-order valence-corrected chi connectivity index (χ0v) is 9.72. The van der Waals surface area contributed by atoms with Crippen molar-refractivity contribution in [1.29, 1.82) is 0 Å². The number of aliphatic hydroxyl groups is 1. The molecule has 0 aliphatic rings. The van der Waals surface area contributed by atoms with Crippen LogP contribution < -0.4 is 0 Å². The summed E-state index contributed by atoms with van der Waals surface area (Å²) in [7, 11) is 0. The Labute approximate surface area is 92.1 Å². The molecule has 0 aliphatic heterocycles. The Balaban J connectivity index is 2.67. The second-order valence-electron chi connectivity index (χ2n) is 3.38. The van der Waals surface area contributed by atoms with E-state index >= 15 is 0 Å². The highest BCUT2D eigenvalue weighted by Gasteiger charge is 2.08. The normalized spacial score (nSPS) is 12.9. The van der Waals surface area contributed by atoms with Crippen LogP contribution in [0.25, 0.3) is 0 Å². The molecule has 0 saturated carbocycles. The van der Waals surface area contributed by atoms with Crippen LogP contribution in [0.5, 0.6) is 0 Å². The van der Waals surface area contributed by atoms with Gasteiger partial charge < -0.3 is 5.11 Å². The maximum Gasteiger partial charge on any atom is 0.127 e. The van der Waals surface area contributed by atoms with Gasteiger partial charge in [-0.25, -0.2) is 4.39 Å². The minimum Gasteiger partial charge on any atom is -0.393 e. The predicted octanol–water partition coefficient (Wildman–Crippen LogP) is 3.29. The molecule has 1 aromatic carbocycles. The van der Waals surface area contributed by atoms with Crippen LogP contribution in [0.1, 0.15) is 25.3 Å². The molecule has 0 aromatic heterocycles. The molecule has 1 N–H and O–H groups in total. The number of hydrogen-bond acceptors (Lipinski definition) is 1. The van der Waals surface area contributed by atoms with E-state index in [2.05, 4.69) is 15.9 Å². The largest absolute Gasteiger partial charge is 0.393 e. The number of hydrogen-bond donors (Lipinski definition) is 1. The quantitative estimate of drug-likeness (QED) is 0.881. The van der Waals surface area contributed by atoms with Gasteiger partial charge in [-0.2, -0.15) is 0 Å². The Morgan fingerprint density at radius 1 is 1.50 bits per heavy atom. The molecule has 0 amide bonds. The van der Waals surface area contributed by atoms with Crippen molar-refractivity contribution in [1.82, 2.24) is 0 Å². The number of rotatable bonds is 4. The van der Waals surface area contributed by atoms with Crippen molar-refractivity contribution in [2.75, 3.05) is 0 Å². The predicted molar refractivity (Wildman–Crippen MR) is 58.7 cm³/mol. The van der Waals surface area contributed by atoms with Crippen LogP contribution in [0.15, 0.2) is 22.7 Å². The first-order valence-corrected chi connectivity index (χ1v) is 5.54. The minimum absolute atomic E-state index is 0.255. The van der Waals surface area contributed by atoms with E-state index in [1.165, 1.54) is 6.07 Å². The van der Waals surface area contributed by atoms with Gasteiger partial charge in [0.15, 0.2) is 0 Å². The van der Waals surface area contributed by atoms with E-state index in [-0.39, 0.29) is 5.82 Å². The maximum absolute atomic E-state index is 13.3. The standard InChI is InChI=1S/C11H14BrFO/c1-2-3-10(14)6-8-4-5-9(12)7-11(8)13/h4-5,7,10,14H,2-3,6H2,1H3/t10-/m1/s1. The maximum atomic E-state index is 13.3. The Morgan fingerprint density at radius 2 is 2.21 bits per heavy atom. The first kappa shape index (κ1) is 11.7. The van der Waals surface area contributed by atoms with E-state index in [1.807, 2.05) is 6.92 Å². The Bertz CT molecular complexity index is 301. The van der Waals surface area contributed by atoms with Crippen molar-refractivity contribution in [3.05, 3.63) is 34.1 Å².